The Kier molecular flexibility index (Phi) is 5.41. The summed E-state index contributed by atoms with van der Waals surface area (Å²) in [6.45, 7) is 5.93. The van der Waals surface area contributed by atoms with Gasteiger partial charge in [-0.05, 0) is 26.0 Å². The second-order valence-corrected chi connectivity index (χ2v) is 8.13. The molecule has 2 aliphatic heterocycles. The van der Waals surface area contributed by atoms with E-state index in [9.17, 15) is 18.0 Å². The van der Waals surface area contributed by atoms with Gasteiger partial charge in [0.15, 0.2) is 0 Å². The Bertz CT molecular complexity index is 813. The van der Waals surface area contributed by atoms with E-state index in [0.717, 1.165) is 27.4 Å². The lowest BCUT2D eigenvalue weighted by Crippen LogP contribution is -2.56. The third-order valence-corrected chi connectivity index (χ3v) is 6.75. The van der Waals surface area contributed by atoms with Crippen molar-refractivity contribution in [1.29, 1.82) is 0 Å². The fourth-order valence-corrected chi connectivity index (χ4v) is 4.85. The first kappa shape index (κ1) is 19.2. The van der Waals surface area contributed by atoms with E-state index < -0.39 is 22.0 Å². The zero-order valence-electron chi connectivity index (χ0n) is 15.5. The normalized spacial score (nSPS) is 20.3. The van der Waals surface area contributed by atoms with E-state index in [1.807, 2.05) is 35.2 Å². The highest BCUT2D eigenvalue weighted by Crippen LogP contribution is 2.23. The fraction of sp³-hybridized carbons (Fsp3) is 0.444. The number of rotatable bonds is 4. The summed E-state index contributed by atoms with van der Waals surface area (Å²) in [5.41, 5.74) is 1.04. The quantitative estimate of drug-likeness (QED) is 0.553. The average molecular weight is 392 g/mol. The molecule has 1 aromatic rings. The highest BCUT2D eigenvalue weighted by Gasteiger charge is 2.45. The third kappa shape index (κ3) is 3.51. The van der Waals surface area contributed by atoms with Crippen LogP contribution in [0.1, 0.15) is 13.8 Å². The summed E-state index contributed by atoms with van der Waals surface area (Å²) in [6, 6.07) is 10.0. The number of para-hydroxylation sites is 1. The minimum atomic E-state index is -4.08. The van der Waals surface area contributed by atoms with Crippen LogP contribution in [0, 0.1) is 0 Å². The maximum atomic E-state index is 12.6. The van der Waals surface area contributed by atoms with Crippen molar-refractivity contribution in [2.45, 2.75) is 13.8 Å². The van der Waals surface area contributed by atoms with E-state index in [2.05, 4.69) is 4.90 Å². The van der Waals surface area contributed by atoms with E-state index in [0.29, 0.717) is 13.1 Å². The number of anilines is 1. The molecule has 146 valence electrons. The lowest BCUT2D eigenvalue weighted by atomic mass is 10.2. The van der Waals surface area contributed by atoms with E-state index in [4.69, 9.17) is 0 Å². The van der Waals surface area contributed by atoms with Gasteiger partial charge in [-0.1, -0.05) is 18.2 Å². The van der Waals surface area contributed by atoms with Crippen LogP contribution in [0.5, 0.6) is 0 Å². The second-order valence-electron chi connectivity index (χ2n) is 6.35. The Morgan fingerprint density at radius 3 is 1.89 bits per heavy atom. The number of hydrogen-bond acceptors (Lipinski definition) is 6. The van der Waals surface area contributed by atoms with Crippen molar-refractivity contribution in [1.82, 2.24) is 13.5 Å². The minimum Gasteiger partial charge on any atom is -0.373 e. The maximum Gasteiger partial charge on any atom is 0.331 e. The van der Waals surface area contributed by atoms with Gasteiger partial charge in [-0.15, -0.1) is 0 Å². The lowest BCUT2D eigenvalue weighted by Gasteiger charge is -2.37. The molecule has 0 radical (unpaired) electrons. The van der Waals surface area contributed by atoms with Gasteiger partial charge in [-0.25, -0.2) is 8.61 Å². The molecule has 8 nitrogen and oxygen atoms in total. The van der Waals surface area contributed by atoms with Crippen molar-refractivity contribution in [3.05, 3.63) is 42.1 Å². The highest BCUT2D eigenvalue weighted by atomic mass is 32.2. The SMILES string of the molecule is CCN1C(=O)C(=CN2CCN(c3ccccc3)CC2)C(=O)N(CC)S1(=O)=O. The summed E-state index contributed by atoms with van der Waals surface area (Å²) in [5.74, 6) is -1.50. The first-order chi connectivity index (χ1) is 12.9. The van der Waals surface area contributed by atoms with E-state index in [-0.39, 0.29) is 18.7 Å². The van der Waals surface area contributed by atoms with Crippen LogP contribution < -0.4 is 4.90 Å². The van der Waals surface area contributed by atoms with Gasteiger partial charge in [0, 0.05) is 51.2 Å². The van der Waals surface area contributed by atoms with Crippen molar-refractivity contribution in [2.75, 3.05) is 44.2 Å². The molecular formula is C18H24N4O4S. The number of benzene rings is 1. The molecule has 9 heteroatoms. The Morgan fingerprint density at radius 1 is 0.889 bits per heavy atom. The number of piperazine rings is 1. The number of amides is 2. The van der Waals surface area contributed by atoms with Gasteiger partial charge in [-0.3, -0.25) is 9.59 Å². The molecule has 2 amide bonds. The van der Waals surface area contributed by atoms with Gasteiger partial charge in [0.05, 0.1) is 0 Å². The zero-order valence-corrected chi connectivity index (χ0v) is 16.4. The summed E-state index contributed by atoms with van der Waals surface area (Å²) in [4.78, 5) is 29.3. The van der Waals surface area contributed by atoms with Crippen molar-refractivity contribution in [3.8, 4) is 0 Å². The number of nitrogens with zero attached hydrogens (tertiary/aromatic N) is 4. The van der Waals surface area contributed by atoms with Crippen LogP contribution in [0.2, 0.25) is 0 Å². The molecule has 0 aliphatic carbocycles. The largest absolute Gasteiger partial charge is 0.373 e. The molecule has 2 heterocycles. The molecule has 27 heavy (non-hydrogen) atoms. The number of hydrogen-bond donors (Lipinski definition) is 0. The van der Waals surface area contributed by atoms with Crippen molar-refractivity contribution in [3.63, 3.8) is 0 Å². The van der Waals surface area contributed by atoms with Gasteiger partial charge >= 0.3 is 10.2 Å². The van der Waals surface area contributed by atoms with Crippen molar-refractivity contribution in [2.24, 2.45) is 0 Å². The lowest BCUT2D eigenvalue weighted by molar-refractivity contribution is -0.131. The van der Waals surface area contributed by atoms with Gasteiger partial charge in [0.25, 0.3) is 11.8 Å². The fourth-order valence-electron chi connectivity index (χ4n) is 3.34. The number of likely N-dealkylation sites (N-methyl/N-ethyl adjacent to an activating group) is 2. The van der Waals surface area contributed by atoms with Crippen LogP contribution >= 0.6 is 0 Å². The van der Waals surface area contributed by atoms with Crippen molar-refractivity contribution >= 4 is 27.7 Å². The summed E-state index contributed by atoms with van der Waals surface area (Å²) in [7, 11) is -4.08. The third-order valence-electron chi connectivity index (χ3n) is 4.79. The molecule has 2 fully saturated rings. The monoisotopic (exact) mass is 392 g/mol. The van der Waals surface area contributed by atoms with Crippen LogP contribution in [-0.4, -0.2) is 73.0 Å². The molecule has 0 N–H and O–H groups in total. The molecule has 2 saturated heterocycles. The average Bonchev–Trinajstić information content (AvgIpc) is 2.67. The number of carbonyl (C=O) groups is 2. The van der Waals surface area contributed by atoms with Crippen LogP contribution in [0.3, 0.4) is 0 Å². The van der Waals surface area contributed by atoms with Gasteiger partial charge < -0.3 is 9.80 Å². The predicted octanol–water partition coefficient (Wildman–Crippen LogP) is 0.648. The molecule has 3 rings (SSSR count). The molecule has 0 unspecified atom stereocenters. The first-order valence-electron chi connectivity index (χ1n) is 9.05. The predicted molar refractivity (Wildman–Crippen MR) is 102 cm³/mol. The first-order valence-corrected chi connectivity index (χ1v) is 10.4. The van der Waals surface area contributed by atoms with Crippen LogP contribution in [0.4, 0.5) is 5.69 Å². The Morgan fingerprint density at radius 2 is 1.41 bits per heavy atom. The molecular weight excluding hydrogens is 368 g/mol. The highest BCUT2D eigenvalue weighted by molar-refractivity contribution is 7.88. The maximum absolute atomic E-state index is 12.6. The van der Waals surface area contributed by atoms with Crippen LogP contribution in [0.15, 0.2) is 42.1 Å². The van der Waals surface area contributed by atoms with E-state index in [1.54, 1.807) is 13.8 Å². The minimum absolute atomic E-state index is 0.00985. The summed E-state index contributed by atoms with van der Waals surface area (Å²) >= 11 is 0. The smallest absolute Gasteiger partial charge is 0.331 e. The summed E-state index contributed by atoms with van der Waals surface area (Å²) < 4.78 is 26.3. The summed E-state index contributed by atoms with van der Waals surface area (Å²) in [5, 5.41) is 0. The standard InChI is InChI=1S/C18H24N4O4S/c1-3-21-17(23)16(18(24)22(4-2)27(21,25)26)14-19-10-12-20(13-11-19)15-8-6-5-7-9-15/h5-9,14H,3-4,10-13H2,1-2H3. The molecule has 0 aromatic heterocycles. The van der Waals surface area contributed by atoms with Crippen LogP contribution in [0.25, 0.3) is 0 Å². The second kappa shape index (κ2) is 7.59. The topological polar surface area (TPSA) is 81.2 Å². The van der Waals surface area contributed by atoms with Gasteiger partial charge in [0.1, 0.15) is 5.57 Å². The molecule has 0 spiro atoms. The molecule has 2 aliphatic rings. The Labute approximate surface area is 159 Å². The van der Waals surface area contributed by atoms with Gasteiger partial charge in [0.2, 0.25) is 0 Å². The molecule has 0 saturated carbocycles. The molecule has 1 aromatic carbocycles. The summed E-state index contributed by atoms with van der Waals surface area (Å²) in [6.07, 6.45) is 1.52. The zero-order chi connectivity index (χ0) is 19.6. The number of carbonyl (C=O) groups excluding carboxylic acids is 2. The van der Waals surface area contributed by atoms with E-state index >= 15 is 0 Å². The van der Waals surface area contributed by atoms with Crippen molar-refractivity contribution < 1.29 is 18.0 Å². The molecule has 0 atom stereocenters. The Balaban J connectivity index is 1.78. The van der Waals surface area contributed by atoms with Gasteiger partial charge in [-0.2, -0.15) is 8.42 Å². The van der Waals surface area contributed by atoms with E-state index in [1.165, 1.54) is 6.20 Å². The Hall–Kier alpha value is -2.55. The van der Waals surface area contributed by atoms with Crippen LogP contribution in [-0.2, 0) is 19.8 Å². The molecule has 0 bridgehead atoms.